The Morgan fingerprint density at radius 2 is 1.91 bits per heavy atom. The van der Waals surface area contributed by atoms with Crippen LogP contribution in [0.3, 0.4) is 0 Å². The fourth-order valence-corrected chi connectivity index (χ4v) is 4.01. The van der Waals surface area contributed by atoms with E-state index < -0.39 is 34.7 Å². The number of halogens is 4. The molecule has 0 saturated carbocycles. The Morgan fingerprint density at radius 3 is 2.59 bits per heavy atom. The molecule has 0 fully saturated rings. The number of nitrogens with zero attached hydrogens (tertiary/aromatic N) is 5. The molecule has 3 heterocycles. The number of amides is 1. The predicted octanol–water partition coefficient (Wildman–Crippen LogP) is 2.49. The first-order valence-electron chi connectivity index (χ1n) is 9.50. The lowest BCUT2D eigenvalue weighted by molar-refractivity contribution is -0.137. The molecule has 0 aliphatic carbocycles. The van der Waals surface area contributed by atoms with Crippen molar-refractivity contribution in [3.63, 3.8) is 0 Å². The molecule has 3 aromatic heterocycles. The van der Waals surface area contributed by atoms with Crippen LogP contribution in [0.1, 0.15) is 11.3 Å². The third kappa shape index (κ3) is 4.19. The van der Waals surface area contributed by atoms with Gasteiger partial charge in [-0.25, -0.2) is 14.2 Å². The molecule has 0 spiro atoms. The SMILES string of the molecule is Cn1c(=O)c2c(CC(=O)Nc3nc(-c4ccc(C(F)(F)F)cc4F)cs3)nncc2n(C)c1=O. The van der Waals surface area contributed by atoms with Crippen LogP contribution in [0.15, 0.2) is 39.4 Å². The number of hydrogen-bond donors (Lipinski definition) is 1. The van der Waals surface area contributed by atoms with Crippen LogP contribution < -0.4 is 16.6 Å². The summed E-state index contributed by atoms with van der Waals surface area (Å²) >= 11 is 0.936. The second-order valence-electron chi connectivity index (χ2n) is 7.21. The van der Waals surface area contributed by atoms with Gasteiger partial charge in [0.05, 0.1) is 40.5 Å². The van der Waals surface area contributed by atoms with Gasteiger partial charge in [-0.05, 0) is 18.2 Å². The summed E-state index contributed by atoms with van der Waals surface area (Å²) in [6.07, 6.45) is -3.81. The van der Waals surface area contributed by atoms with Gasteiger partial charge < -0.3 is 5.32 Å². The van der Waals surface area contributed by atoms with Gasteiger partial charge in [-0.2, -0.15) is 23.4 Å². The number of rotatable bonds is 4. The van der Waals surface area contributed by atoms with E-state index in [1.54, 1.807) is 0 Å². The van der Waals surface area contributed by atoms with E-state index in [1.165, 1.54) is 30.2 Å². The molecule has 4 rings (SSSR count). The van der Waals surface area contributed by atoms with E-state index in [2.05, 4.69) is 20.5 Å². The molecule has 0 atom stereocenters. The van der Waals surface area contributed by atoms with Crippen LogP contribution >= 0.6 is 11.3 Å². The van der Waals surface area contributed by atoms with Crippen LogP contribution in [0.4, 0.5) is 22.7 Å². The van der Waals surface area contributed by atoms with Gasteiger partial charge in [-0.15, -0.1) is 11.3 Å². The standard InChI is InChI=1S/C20H14F4N6O3S/c1-29-14-7-25-28-12(16(14)17(32)30(2)19(29)33)6-15(31)27-18-26-13(8-34-18)10-4-3-9(5-11(10)21)20(22,23)24/h3-5,7-8H,6H2,1-2H3,(H,26,27,31). The van der Waals surface area contributed by atoms with E-state index in [0.29, 0.717) is 6.07 Å². The third-order valence-corrected chi connectivity index (χ3v) is 5.77. The van der Waals surface area contributed by atoms with Crippen molar-refractivity contribution in [2.24, 2.45) is 14.1 Å². The second-order valence-corrected chi connectivity index (χ2v) is 8.07. The highest BCUT2D eigenvalue weighted by molar-refractivity contribution is 7.14. The Morgan fingerprint density at radius 1 is 1.18 bits per heavy atom. The Hall–Kier alpha value is -3.94. The lowest BCUT2D eigenvalue weighted by Crippen LogP contribution is -2.37. The van der Waals surface area contributed by atoms with Crippen molar-refractivity contribution in [1.29, 1.82) is 0 Å². The fourth-order valence-electron chi connectivity index (χ4n) is 3.28. The van der Waals surface area contributed by atoms with Crippen molar-refractivity contribution in [2.75, 3.05) is 5.32 Å². The highest BCUT2D eigenvalue weighted by atomic mass is 32.1. The second kappa shape index (κ2) is 8.44. The molecule has 0 aliphatic heterocycles. The fraction of sp³-hybridized carbons (Fsp3) is 0.200. The molecule has 14 heteroatoms. The van der Waals surface area contributed by atoms with Gasteiger partial charge in [0.15, 0.2) is 5.13 Å². The number of fused-ring (bicyclic) bond motifs is 1. The summed E-state index contributed by atoms with van der Waals surface area (Å²) in [6.45, 7) is 0. The molecule has 0 bridgehead atoms. The highest BCUT2D eigenvalue weighted by Crippen LogP contribution is 2.33. The number of aryl methyl sites for hydroxylation is 1. The molecule has 176 valence electrons. The number of aromatic nitrogens is 5. The summed E-state index contributed by atoms with van der Waals surface area (Å²) in [6, 6.07) is 2.08. The zero-order chi connectivity index (χ0) is 24.8. The van der Waals surface area contributed by atoms with E-state index >= 15 is 0 Å². The van der Waals surface area contributed by atoms with Crippen molar-refractivity contribution in [1.82, 2.24) is 24.3 Å². The van der Waals surface area contributed by atoms with Crippen molar-refractivity contribution >= 4 is 33.3 Å². The van der Waals surface area contributed by atoms with E-state index in [-0.39, 0.29) is 39.4 Å². The van der Waals surface area contributed by atoms with Gasteiger partial charge in [0, 0.05) is 25.0 Å². The van der Waals surface area contributed by atoms with Gasteiger partial charge in [0.25, 0.3) is 5.56 Å². The first-order valence-corrected chi connectivity index (χ1v) is 10.4. The van der Waals surface area contributed by atoms with Gasteiger partial charge in [0.2, 0.25) is 5.91 Å². The molecule has 1 amide bonds. The number of carbonyl (C=O) groups excluding carboxylic acids is 1. The van der Waals surface area contributed by atoms with E-state index in [0.717, 1.165) is 28.0 Å². The molecular formula is C20H14F4N6O3S. The van der Waals surface area contributed by atoms with Gasteiger partial charge >= 0.3 is 11.9 Å². The zero-order valence-electron chi connectivity index (χ0n) is 17.5. The molecule has 0 aliphatic rings. The van der Waals surface area contributed by atoms with Gasteiger partial charge in [0.1, 0.15) is 5.82 Å². The summed E-state index contributed by atoms with van der Waals surface area (Å²) in [5.74, 6) is -1.73. The van der Waals surface area contributed by atoms with Crippen LogP contribution in [-0.2, 0) is 31.5 Å². The number of anilines is 1. The predicted molar refractivity (Wildman–Crippen MR) is 115 cm³/mol. The molecule has 0 radical (unpaired) electrons. The zero-order valence-corrected chi connectivity index (χ0v) is 18.3. The average molecular weight is 494 g/mol. The van der Waals surface area contributed by atoms with Crippen LogP contribution in [0, 0.1) is 5.82 Å². The minimum absolute atomic E-state index is 0.0387. The maximum atomic E-state index is 14.2. The minimum Gasteiger partial charge on any atom is -0.302 e. The lowest BCUT2D eigenvalue weighted by Gasteiger charge is -2.09. The number of thiazole rings is 1. The molecule has 4 aromatic rings. The number of alkyl halides is 3. The Bertz CT molecular complexity index is 1560. The van der Waals surface area contributed by atoms with Crippen molar-refractivity contribution < 1.29 is 22.4 Å². The van der Waals surface area contributed by atoms with Crippen molar-refractivity contribution in [3.8, 4) is 11.3 Å². The quantitative estimate of drug-likeness (QED) is 0.437. The maximum Gasteiger partial charge on any atom is 0.416 e. The molecule has 34 heavy (non-hydrogen) atoms. The molecule has 9 nitrogen and oxygen atoms in total. The first kappa shape index (κ1) is 23.2. The number of hydrogen-bond acceptors (Lipinski definition) is 7. The third-order valence-electron chi connectivity index (χ3n) is 5.01. The van der Waals surface area contributed by atoms with Crippen LogP contribution in [0.5, 0.6) is 0 Å². The number of benzene rings is 1. The monoisotopic (exact) mass is 494 g/mol. The number of carbonyl (C=O) groups is 1. The van der Waals surface area contributed by atoms with Gasteiger partial charge in [-0.1, -0.05) is 0 Å². The van der Waals surface area contributed by atoms with Gasteiger partial charge in [-0.3, -0.25) is 18.7 Å². The van der Waals surface area contributed by atoms with Crippen LogP contribution in [-0.4, -0.2) is 30.2 Å². The van der Waals surface area contributed by atoms with Crippen molar-refractivity contribution in [2.45, 2.75) is 12.6 Å². The topological polar surface area (TPSA) is 112 Å². The summed E-state index contributed by atoms with van der Waals surface area (Å²) < 4.78 is 54.5. The van der Waals surface area contributed by atoms with Crippen LogP contribution in [0.25, 0.3) is 22.2 Å². The lowest BCUT2D eigenvalue weighted by atomic mass is 10.1. The summed E-state index contributed by atoms with van der Waals surface area (Å²) in [5.41, 5.74) is -2.19. The highest BCUT2D eigenvalue weighted by Gasteiger charge is 2.31. The van der Waals surface area contributed by atoms with Crippen molar-refractivity contribution in [3.05, 3.63) is 67.7 Å². The Kier molecular flexibility index (Phi) is 5.77. The number of nitrogens with one attached hydrogen (secondary N) is 1. The summed E-state index contributed by atoms with van der Waals surface area (Å²) in [7, 11) is 2.75. The van der Waals surface area contributed by atoms with E-state index in [9.17, 15) is 31.9 Å². The normalized spacial score (nSPS) is 11.7. The Balaban J connectivity index is 1.58. The molecule has 0 unspecified atom stereocenters. The summed E-state index contributed by atoms with van der Waals surface area (Å²) in [5, 5.41) is 11.6. The largest absolute Gasteiger partial charge is 0.416 e. The minimum atomic E-state index is -4.68. The first-order chi connectivity index (χ1) is 16.0. The Labute approximate surface area is 191 Å². The van der Waals surface area contributed by atoms with E-state index in [4.69, 9.17) is 0 Å². The summed E-state index contributed by atoms with van der Waals surface area (Å²) in [4.78, 5) is 41.3. The average Bonchev–Trinajstić information content (AvgIpc) is 3.23. The molecule has 0 saturated heterocycles. The molecular weight excluding hydrogens is 480 g/mol. The molecule has 1 N–H and O–H groups in total. The maximum absolute atomic E-state index is 14.2. The van der Waals surface area contributed by atoms with E-state index in [1.807, 2.05) is 0 Å². The molecule has 1 aromatic carbocycles. The smallest absolute Gasteiger partial charge is 0.302 e. The van der Waals surface area contributed by atoms with Crippen LogP contribution in [0.2, 0.25) is 0 Å².